The van der Waals surface area contributed by atoms with Gasteiger partial charge < -0.3 is 10.3 Å². The number of halogens is 2. The van der Waals surface area contributed by atoms with Gasteiger partial charge in [-0.05, 0) is 18.3 Å². The number of aromatic nitrogens is 4. The number of anilines is 1. The van der Waals surface area contributed by atoms with Crippen molar-refractivity contribution in [2.24, 2.45) is 5.41 Å². The van der Waals surface area contributed by atoms with Crippen molar-refractivity contribution in [2.45, 2.75) is 33.2 Å². The van der Waals surface area contributed by atoms with Crippen LogP contribution in [0.15, 0.2) is 6.33 Å². The first-order valence-electron chi connectivity index (χ1n) is 6.13. The molecular formula is C12H17BrClN5. The molecule has 0 saturated heterocycles. The lowest BCUT2D eigenvalue weighted by Crippen LogP contribution is -2.15. The molecule has 2 aromatic rings. The zero-order valence-electron chi connectivity index (χ0n) is 11.0. The van der Waals surface area contributed by atoms with E-state index in [1.807, 2.05) is 4.57 Å². The number of aryl methyl sites for hydroxylation is 1. The number of imidazole rings is 1. The van der Waals surface area contributed by atoms with E-state index >= 15 is 0 Å². The highest BCUT2D eigenvalue weighted by molar-refractivity contribution is 9.09. The molecule has 0 bridgehead atoms. The summed E-state index contributed by atoms with van der Waals surface area (Å²) in [6.07, 6.45) is 3.90. The second-order valence-corrected chi connectivity index (χ2v) is 6.49. The number of nitrogen functional groups attached to an aromatic ring is 1. The van der Waals surface area contributed by atoms with E-state index in [0.29, 0.717) is 16.3 Å². The van der Waals surface area contributed by atoms with E-state index in [-0.39, 0.29) is 11.4 Å². The predicted molar refractivity (Wildman–Crippen MR) is 81.6 cm³/mol. The largest absolute Gasteiger partial charge is 0.368 e. The first kappa shape index (κ1) is 14.5. The van der Waals surface area contributed by atoms with Gasteiger partial charge in [0.2, 0.25) is 5.95 Å². The molecule has 0 atom stereocenters. The maximum atomic E-state index is 6.00. The average molecular weight is 347 g/mol. The van der Waals surface area contributed by atoms with Crippen molar-refractivity contribution < 1.29 is 0 Å². The van der Waals surface area contributed by atoms with Crippen molar-refractivity contribution in [2.75, 3.05) is 11.1 Å². The molecule has 0 spiro atoms. The summed E-state index contributed by atoms with van der Waals surface area (Å²) >= 11 is 9.49. The van der Waals surface area contributed by atoms with Gasteiger partial charge in [0.05, 0.1) is 6.33 Å². The van der Waals surface area contributed by atoms with Gasteiger partial charge in [-0.3, -0.25) is 0 Å². The molecule has 0 aliphatic heterocycles. The van der Waals surface area contributed by atoms with Gasteiger partial charge in [0.1, 0.15) is 5.52 Å². The van der Waals surface area contributed by atoms with Crippen LogP contribution >= 0.6 is 27.5 Å². The van der Waals surface area contributed by atoms with Gasteiger partial charge in [-0.15, -0.1) is 0 Å². The van der Waals surface area contributed by atoms with Crippen molar-refractivity contribution in [1.29, 1.82) is 0 Å². The molecule has 0 unspecified atom stereocenters. The van der Waals surface area contributed by atoms with Gasteiger partial charge in [-0.2, -0.15) is 9.97 Å². The predicted octanol–water partition coefficient (Wildman–Crippen LogP) is 3.26. The molecule has 7 heteroatoms. The molecule has 2 N–H and O–H groups in total. The van der Waals surface area contributed by atoms with Crippen molar-refractivity contribution in [3.63, 3.8) is 0 Å². The Bertz CT molecular complexity index is 581. The van der Waals surface area contributed by atoms with E-state index in [1.54, 1.807) is 6.33 Å². The van der Waals surface area contributed by atoms with E-state index in [0.717, 1.165) is 24.7 Å². The quantitative estimate of drug-likeness (QED) is 0.666. The fourth-order valence-corrected chi connectivity index (χ4v) is 3.19. The van der Waals surface area contributed by atoms with Gasteiger partial charge in [0, 0.05) is 11.9 Å². The lowest BCUT2D eigenvalue weighted by molar-refractivity contribution is 0.306. The third kappa shape index (κ3) is 3.36. The van der Waals surface area contributed by atoms with Crippen LogP contribution in [0.1, 0.15) is 26.7 Å². The Hall–Kier alpha value is -0.880. The Morgan fingerprint density at radius 3 is 2.79 bits per heavy atom. The number of nitrogens with zero attached hydrogens (tertiary/aromatic N) is 4. The second kappa shape index (κ2) is 5.63. The van der Waals surface area contributed by atoms with Crippen molar-refractivity contribution in [1.82, 2.24) is 19.5 Å². The van der Waals surface area contributed by atoms with Crippen molar-refractivity contribution >= 4 is 44.6 Å². The number of alkyl halides is 1. The molecule has 0 fully saturated rings. The summed E-state index contributed by atoms with van der Waals surface area (Å²) in [5.74, 6) is 0.180. The third-order valence-electron chi connectivity index (χ3n) is 3.24. The average Bonchev–Trinajstić information content (AvgIpc) is 2.70. The molecule has 104 valence electrons. The Kier molecular flexibility index (Phi) is 4.30. The molecule has 5 nitrogen and oxygen atoms in total. The van der Waals surface area contributed by atoms with E-state index in [2.05, 4.69) is 44.7 Å². The SMILES string of the molecule is CC(C)(CCBr)CCn1cnc2c(Cl)nc(N)nc21. The van der Waals surface area contributed by atoms with Crippen LogP contribution in [0.2, 0.25) is 5.15 Å². The lowest BCUT2D eigenvalue weighted by Gasteiger charge is -2.23. The van der Waals surface area contributed by atoms with Crippen molar-refractivity contribution in [3.05, 3.63) is 11.5 Å². The monoisotopic (exact) mass is 345 g/mol. The summed E-state index contributed by atoms with van der Waals surface area (Å²) in [6.45, 7) is 5.34. The summed E-state index contributed by atoms with van der Waals surface area (Å²) in [7, 11) is 0. The maximum absolute atomic E-state index is 6.00. The van der Waals surface area contributed by atoms with Crippen LogP contribution < -0.4 is 5.73 Å². The first-order chi connectivity index (χ1) is 8.93. The zero-order chi connectivity index (χ0) is 14.0. The molecule has 2 rings (SSSR count). The molecule has 0 aromatic carbocycles. The molecule has 0 aliphatic carbocycles. The molecule has 0 saturated carbocycles. The van der Waals surface area contributed by atoms with Crippen LogP contribution in [-0.2, 0) is 6.54 Å². The van der Waals surface area contributed by atoms with E-state index in [1.165, 1.54) is 0 Å². The number of rotatable bonds is 5. The van der Waals surface area contributed by atoms with E-state index in [9.17, 15) is 0 Å². The standard InChI is InChI=1S/C12H17BrClN5/c1-12(2,3-5-13)4-6-19-7-16-8-9(14)17-11(15)18-10(8)19/h7H,3-6H2,1-2H3,(H2,15,17,18). The molecule has 2 heterocycles. The van der Waals surface area contributed by atoms with E-state index in [4.69, 9.17) is 17.3 Å². The van der Waals surface area contributed by atoms with Crippen LogP contribution in [0.3, 0.4) is 0 Å². The molecule has 19 heavy (non-hydrogen) atoms. The van der Waals surface area contributed by atoms with Gasteiger partial charge in [-0.1, -0.05) is 41.4 Å². The van der Waals surface area contributed by atoms with E-state index < -0.39 is 0 Å². The normalized spacial score (nSPS) is 12.2. The molecular weight excluding hydrogens is 330 g/mol. The minimum Gasteiger partial charge on any atom is -0.368 e. The lowest BCUT2D eigenvalue weighted by atomic mass is 9.86. The van der Waals surface area contributed by atoms with Crippen molar-refractivity contribution in [3.8, 4) is 0 Å². The van der Waals surface area contributed by atoms with Gasteiger partial charge in [0.25, 0.3) is 0 Å². The highest BCUT2D eigenvalue weighted by Crippen LogP contribution is 2.27. The molecule has 2 aromatic heterocycles. The van der Waals surface area contributed by atoms with Gasteiger partial charge in [0.15, 0.2) is 10.8 Å². The summed E-state index contributed by atoms with van der Waals surface area (Å²) in [6, 6.07) is 0. The highest BCUT2D eigenvalue weighted by Gasteiger charge is 2.18. The minimum atomic E-state index is 0.180. The molecule has 0 amide bonds. The highest BCUT2D eigenvalue weighted by atomic mass is 79.9. The summed E-state index contributed by atoms with van der Waals surface area (Å²) in [5.41, 5.74) is 7.20. The number of nitrogens with two attached hydrogens (primary N) is 1. The Morgan fingerprint density at radius 1 is 1.37 bits per heavy atom. The first-order valence-corrected chi connectivity index (χ1v) is 7.63. The zero-order valence-corrected chi connectivity index (χ0v) is 13.4. The van der Waals surface area contributed by atoms with Gasteiger partial charge >= 0.3 is 0 Å². The summed E-state index contributed by atoms with van der Waals surface area (Å²) in [5, 5.41) is 1.31. The Morgan fingerprint density at radius 2 is 2.11 bits per heavy atom. The maximum Gasteiger partial charge on any atom is 0.223 e. The second-order valence-electron chi connectivity index (χ2n) is 5.34. The Labute approximate surface area is 125 Å². The third-order valence-corrected chi connectivity index (χ3v) is 3.90. The van der Waals surface area contributed by atoms with Gasteiger partial charge in [-0.25, -0.2) is 4.98 Å². The number of hydrogen-bond donors (Lipinski definition) is 1. The fraction of sp³-hybridized carbons (Fsp3) is 0.583. The number of hydrogen-bond acceptors (Lipinski definition) is 4. The number of fused-ring (bicyclic) bond motifs is 1. The van der Waals surface area contributed by atoms with Crippen LogP contribution in [0.4, 0.5) is 5.95 Å². The molecule has 0 radical (unpaired) electrons. The minimum absolute atomic E-state index is 0.180. The smallest absolute Gasteiger partial charge is 0.223 e. The fourth-order valence-electron chi connectivity index (χ4n) is 1.89. The van der Waals surface area contributed by atoms with Crippen LogP contribution in [0.25, 0.3) is 11.2 Å². The summed E-state index contributed by atoms with van der Waals surface area (Å²) in [4.78, 5) is 12.4. The summed E-state index contributed by atoms with van der Waals surface area (Å²) < 4.78 is 1.98. The van der Waals surface area contributed by atoms with Crippen LogP contribution in [0, 0.1) is 5.41 Å². The van der Waals surface area contributed by atoms with Crippen LogP contribution in [-0.4, -0.2) is 24.8 Å². The Balaban J connectivity index is 2.22. The van der Waals surface area contributed by atoms with Crippen LogP contribution in [0.5, 0.6) is 0 Å². The topological polar surface area (TPSA) is 69.6 Å². The molecule has 0 aliphatic rings.